The molecule has 2 amide bonds. The van der Waals surface area contributed by atoms with Gasteiger partial charge in [-0.05, 0) is 56.2 Å². The van der Waals surface area contributed by atoms with Crippen LogP contribution in [-0.2, 0) is 16.1 Å². The van der Waals surface area contributed by atoms with E-state index in [2.05, 4.69) is 22.0 Å². The molecule has 2 aromatic rings. The molecule has 0 spiro atoms. The van der Waals surface area contributed by atoms with Gasteiger partial charge >= 0.3 is 6.09 Å². The summed E-state index contributed by atoms with van der Waals surface area (Å²) in [4.78, 5) is 31.8. The topological polar surface area (TPSA) is 59.1 Å². The van der Waals surface area contributed by atoms with Crippen molar-refractivity contribution in [2.75, 3.05) is 13.2 Å². The van der Waals surface area contributed by atoms with Crippen molar-refractivity contribution < 1.29 is 19.1 Å². The van der Waals surface area contributed by atoms with E-state index in [9.17, 15) is 9.59 Å². The average Bonchev–Trinajstić information content (AvgIpc) is 3.68. The molecule has 0 radical (unpaired) electrons. The fraction of sp³-hybridized carbons (Fsp3) is 0.500. The lowest BCUT2D eigenvalue weighted by Gasteiger charge is -2.55. The van der Waals surface area contributed by atoms with Crippen LogP contribution in [0.4, 0.5) is 4.79 Å². The van der Waals surface area contributed by atoms with Gasteiger partial charge < -0.3 is 19.3 Å². The summed E-state index contributed by atoms with van der Waals surface area (Å²) in [5.41, 5.74) is 1.87. The summed E-state index contributed by atoms with van der Waals surface area (Å²) >= 11 is 0. The number of rotatable bonds is 8. The predicted octanol–water partition coefficient (Wildman–Crippen LogP) is 5.83. The number of ether oxygens (including phenoxy) is 2. The third kappa shape index (κ3) is 5.11. The smallest absolute Gasteiger partial charge is 0.410 e. The maximum absolute atomic E-state index is 13.8. The molecule has 6 heteroatoms. The van der Waals surface area contributed by atoms with Gasteiger partial charge in [0.15, 0.2) is 0 Å². The molecule has 6 nitrogen and oxygen atoms in total. The highest BCUT2D eigenvalue weighted by Crippen LogP contribution is 2.50. The Morgan fingerprint density at radius 1 is 0.816 bits per heavy atom. The highest BCUT2D eigenvalue weighted by atomic mass is 16.6. The van der Waals surface area contributed by atoms with Crippen LogP contribution in [0.5, 0.6) is 0 Å². The Kier molecular flexibility index (Phi) is 7.50. The molecule has 2 aromatic carbocycles. The number of likely N-dealkylation sites (tertiary alicyclic amines) is 1. The monoisotopic (exact) mass is 514 g/mol. The number of hydrogen-bond donors (Lipinski definition) is 0. The van der Waals surface area contributed by atoms with Crippen LogP contribution in [0.25, 0.3) is 0 Å². The molecule has 1 saturated heterocycles. The zero-order valence-electron chi connectivity index (χ0n) is 22.0. The summed E-state index contributed by atoms with van der Waals surface area (Å²) in [6.07, 6.45) is 11.2. The van der Waals surface area contributed by atoms with Gasteiger partial charge in [-0.25, -0.2) is 4.79 Å². The minimum absolute atomic E-state index is 0.111. The number of fused-ring (bicyclic) bond motifs is 2. The first-order valence-corrected chi connectivity index (χ1v) is 14.3. The Morgan fingerprint density at radius 2 is 1.55 bits per heavy atom. The molecule has 0 aromatic heterocycles. The van der Waals surface area contributed by atoms with E-state index in [1.54, 1.807) is 0 Å². The van der Waals surface area contributed by atoms with Crippen LogP contribution in [-0.4, -0.2) is 59.2 Å². The van der Waals surface area contributed by atoms with Crippen LogP contribution in [0.3, 0.4) is 0 Å². The number of carbonyl (C=O) groups is 2. The van der Waals surface area contributed by atoms with Crippen LogP contribution in [0.2, 0.25) is 0 Å². The van der Waals surface area contributed by atoms with E-state index in [0.717, 1.165) is 56.1 Å². The molecule has 0 bridgehead atoms. The van der Waals surface area contributed by atoms with E-state index in [1.807, 2.05) is 60.7 Å². The van der Waals surface area contributed by atoms with Gasteiger partial charge in [0, 0.05) is 41.6 Å². The van der Waals surface area contributed by atoms with E-state index in [1.165, 1.54) is 0 Å². The fourth-order valence-corrected chi connectivity index (χ4v) is 7.12. The number of benzene rings is 2. The number of allylic oxidation sites excluding steroid dienone is 1. The van der Waals surface area contributed by atoms with E-state index >= 15 is 0 Å². The molecule has 5 unspecified atom stereocenters. The van der Waals surface area contributed by atoms with Gasteiger partial charge in [0.25, 0.3) is 5.91 Å². The Bertz CT molecular complexity index is 1130. The lowest BCUT2D eigenvalue weighted by molar-refractivity contribution is -0.0474. The summed E-state index contributed by atoms with van der Waals surface area (Å²) in [5, 5.41) is 0. The molecule has 0 N–H and O–H groups in total. The Labute approximate surface area is 225 Å². The zero-order chi connectivity index (χ0) is 25.9. The Hall–Kier alpha value is -3.12. The Morgan fingerprint density at radius 3 is 2.32 bits per heavy atom. The highest BCUT2D eigenvalue weighted by molar-refractivity contribution is 5.95. The van der Waals surface area contributed by atoms with Crippen molar-refractivity contribution in [3.8, 4) is 0 Å². The number of amides is 2. The fourth-order valence-electron chi connectivity index (χ4n) is 7.12. The lowest BCUT2D eigenvalue weighted by atomic mass is 9.70. The SMILES string of the molecule is O=C(c1ccccc1)N1C2CC=CCC2C(N(C(=O)OCCOCc2ccccc2)C2CC2)C2CCCC21. The maximum Gasteiger partial charge on any atom is 0.410 e. The minimum atomic E-state index is -0.206. The largest absolute Gasteiger partial charge is 0.447 e. The summed E-state index contributed by atoms with van der Waals surface area (Å²) in [6, 6.07) is 20.4. The van der Waals surface area contributed by atoms with Crippen molar-refractivity contribution in [3.63, 3.8) is 0 Å². The highest BCUT2D eigenvalue weighted by Gasteiger charge is 2.56. The van der Waals surface area contributed by atoms with Gasteiger partial charge in [-0.2, -0.15) is 0 Å². The first-order chi connectivity index (χ1) is 18.7. The quantitative estimate of drug-likeness (QED) is 0.328. The van der Waals surface area contributed by atoms with Gasteiger partial charge in [0.05, 0.1) is 13.2 Å². The van der Waals surface area contributed by atoms with Crippen molar-refractivity contribution in [2.24, 2.45) is 11.8 Å². The molecule has 2 saturated carbocycles. The maximum atomic E-state index is 13.8. The first-order valence-electron chi connectivity index (χ1n) is 14.3. The van der Waals surface area contributed by atoms with Crippen LogP contribution < -0.4 is 0 Å². The third-order valence-electron chi connectivity index (χ3n) is 8.86. The van der Waals surface area contributed by atoms with Gasteiger partial charge in [-0.1, -0.05) is 67.1 Å². The molecule has 3 aliphatic carbocycles. The molecule has 1 heterocycles. The summed E-state index contributed by atoms with van der Waals surface area (Å²) in [6.45, 7) is 1.14. The molecule has 200 valence electrons. The van der Waals surface area contributed by atoms with Gasteiger partial charge in [-0.3, -0.25) is 4.79 Å². The number of carbonyl (C=O) groups excluding carboxylic acids is 2. The number of piperidine rings is 1. The number of hydrogen-bond acceptors (Lipinski definition) is 4. The van der Waals surface area contributed by atoms with E-state index in [0.29, 0.717) is 13.2 Å². The molecular weight excluding hydrogens is 476 g/mol. The molecule has 38 heavy (non-hydrogen) atoms. The van der Waals surface area contributed by atoms with Crippen LogP contribution >= 0.6 is 0 Å². The van der Waals surface area contributed by atoms with E-state index in [4.69, 9.17) is 9.47 Å². The van der Waals surface area contributed by atoms with Crippen LogP contribution in [0.15, 0.2) is 72.8 Å². The second-order valence-corrected chi connectivity index (χ2v) is 11.2. The minimum Gasteiger partial charge on any atom is -0.447 e. The zero-order valence-corrected chi connectivity index (χ0v) is 22.0. The molecule has 3 fully saturated rings. The summed E-state index contributed by atoms with van der Waals surface area (Å²) in [7, 11) is 0. The molecule has 1 aliphatic heterocycles. The van der Waals surface area contributed by atoms with Crippen LogP contribution in [0, 0.1) is 11.8 Å². The standard InChI is InChI=1S/C32H38N2O4/c35-31(24-12-5-2-6-13-24)34-28-16-8-7-14-26(28)30(27-15-9-17-29(27)34)33(25-18-19-25)32(36)38-21-20-37-22-23-10-3-1-4-11-23/h1-8,10-13,25-30H,9,14-22H2. The molecule has 4 aliphatic rings. The molecule has 5 atom stereocenters. The second kappa shape index (κ2) is 11.3. The van der Waals surface area contributed by atoms with Crippen molar-refractivity contribution in [3.05, 3.63) is 83.9 Å². The van der Waals surface area contributed by atoms with Crippen molar-refractivity contribution in [1.82, 2.24) is 9.80 Å². The lowest BCUT2D eigenvalue weighted by Crippen LogP contribution is -2.66. The van der Waals surface area contributed by atoms with Crippen molar-refractivity contribution in [1.29, 1.82) is 0 Å². The summed E-state index contributed by atoms with van der Waals surface area (Å²) < 4.78 is 11.6. The van der Waals surface area contributed by atoms with Crippen LogP contribution in [0.1, 0.15) is 60.9 Å². The van der Waals surface area contributed by atoms with Gasteiger partial charge in [0.2, 0.25) is 0 Å². The van der Waals surface area contributed by atoms with E-state index < -0.39 is 0 Å². The van der Waals surface area contributed by atoms with Gasteiger partial charge in [0.1, 0.15) is 6.61 Å². The van der Waals surface area contributed by atoms with Gasteiger partial charge in [-0.15, -0.1) is 0 Å². The van der Waals surface area contributed by atoms with Crippen molar-refractivity contribution >= 4 is 12.0 Å². The average molecular weight is 515 g/mol. The molecule has 6 rings (SSSR count). The normalized spacial score (nSPS) is 27.9. The number of nitrogens with zero attached hydrogens (tertiary/aromatic N) is 2. The van der Waals surface area contributed by atoms with Crippen molar-refractivity contribution in [2.45, 2.75) is 75.7 Å². The van der Waals surface area contributed by atoms with E-state index in [-0.39, 0.29) is 54.6 Å². The predicted molar refractivity (Wildman–Crippen MR) is 145 cm³/mol. The second-order valence-electron chi connectivity index (χ2n) is 11.2. The summed E-state index contributed by atoms with van der Waals surface area (Å²) in [5.74, 6) is 0.662. The Balaban J connectivity index is 1.18. The third-order valence-corrected chi connectivity index (χ3v) is 8.86. The first kappa shape index (κ1) is 25.2. The molecular formula is C32H38N2O4.